The van der Waals surface area contributed by atoms with Gasteiger partial charge in [0.2, 0.25) is 0 Å². The lowest BCUT2D eigenvalue weighted by Gasteiger charge is -2.38. The van der Waals surface area contributed by atoms with Gasteiger partial charge in [-0.05, 0) is 25.7 Å². The normalized spacial score (nSPS) is 11.6. The summed E-state index contributed by atoms with van der Waals surface area (Å²) in [6.45, 7) is 8.95. The van der Waals surface area contributed by atoms with Gasteiger partial charge in [-0.25, -0.2) is 0 Å². The van der Waals surface area contributed by atoms with Crippen LogP contribution in [0.3, 0.4) is 0 Å². The summed E-state index contributed by atoms with van der Waals surface area (Å²) in [6.07, 6.45) is 30.3. The van der Waals surface area contributed by atoms with Crippen LogP contribution in [0.1, 0.15) is 155 Å². The van der Waals surface area contributed by atoms with E-state index in [1.165, 1.54) is 141 Å². The Hall–Kier alpha value is 0.360. The second-order valence-corrected chi connectivity index (χ2v) is 10.8. The number of halogens is 1. The summed E-state index contributed by atoms with van der Waals surface area (Å²) >= 11 is 0. The van der Waals surface area contributed by atoms with Crippen LogP contribution in [0.15, 0.2) is 0 Å². The molecule has 0 rings (SSSR count). The first-order valence-corrected chi connectivity index (χ1v) is 15.3. The van der Waals surface area contributed by atoms with Crippen molar-refractivity contribution in [2.45, 2.75) is 155 Å². The molecule has 0 unspecified atom stereocenters. The van der Waals surface area contributed by atoms with E-state index in [-0.39, 0.29) is 30.2 Å². The molecule has 0 saturated carbocycles. The van der Waals surface area contributed by atoms with Crippen LogP contribution in [0, 0.1) is 0 Å². The van der Waals surface area contributed by atoms with Crippen LogP contribution in [0.2, 0.25) is 0 Å². The van der Waals surface area contributed by atoms with Crippen molar-refractivity contribution < 1.29 is 31.7 Å². The van der Waals surface area contributed by atoms with E-state index in [0.717, 1.165) is 30.7 Å². The second kappa shape index (κ2) is 29.6. The number of aliphatic hydroxyl groups excluding tert-OH is 2. The fraction of sp³-hybridized carbons (Fsp3) is 1.00. The zero-order valence-corrected chi connectivity index (χ0v) is 25.1. The number of unbranched alkanes of at least 4 members (excludes halogenated alkanes) is 20. The van der Waals surface area contributed by atoms with Crippen molar-refractivity contribution in [1.29, 1.82) is 0 Å². The van der Waals surface area contributed by atoms with Gasteiger partial charge in [0.1, 0.15) is 13.1 Å². The van der Waals surface area contributed by atoms with Crippen LogP contribution in [-0.2, 0) is 0 Å². The first-order chi connectivity index (χ1) is 16.2. The van der Waals surface area contributed by atoms with Gasteiger partial charge in [0.15, 0.2) is 0 Å². The Morgan fingerprint density at radius 3 is 0.824 bits per heavy atom. The van der Waals surface area contributed by atoms with E-state index in [0.29, 0.717) is 0 Å². The van der Waals surface area contributed by atoms with Gasteiger partial charge < -0.3 is 31.7 Å². The SMILES string of the molecule is CCCCCCCCCCCCCCCC[N+](CCO)(CCO)CCCCCCCCCC.[Br-]. The molecule has 0 atom stereocenters. The van der Waals surface area contributed by atoms with Crippen LogP contribution in [0.25, 0.3) is 0 Å². The summed E-state index contributed by atoms with van der Waals surface area (Å²) in [4.78, 5) is 0. The molecule has 34 heavy (non-hydrogen) atoms. The van der Waals surface area contributed by atoms with E-state index in [9.17, 15) is 10.2 Å². The number of hydrogen-bond acceptors (Lipinski definition) is 2. The highest BCUT2D eigenvalue weighted by atomic mass is 79.9. The molecule has 3 nitrogen and oxygen atoms in total. The zero-order valence-electron chi connectivity index (χ0n) is 23.5. The molecule has 0 aliphatic heterocycles. The Morgan fingerprint density at radius 1 is 0.353 bits per heavy atom. The van der Waals surface area contributed by atoms with E-state index in [1.54, 1.807) is 0 Å². The highest BCUT2D eigenvalue weighted by Gasteiger charge is 2.25. The fourth-order valence-corrected chi connectivity index (χ4v) is 5.32. The molecule has 0 radical (unpaired) electrons. The molecule has 0 spiro atoms. The van der Waals surface area contributed by atoms with Crippen molar-refractivity contribution in [3.05, 3.63) is 0 Å². The highest BCUT2D eigenvalue weighted by molar-refractivity contribution is 4.53. The van der Waals surface area contributed by atoms with Gasteiger partial charge >= 0.3 is 0 Å². The van der Waals surface area contributed by atoms with Crippen molar-refractivity contribution in [2.24, 2.45) is 0 Å². The van der Waals surface area contributed by atoms with Crippen LogP contribution >= 0.6 is 0 Å². The van der Waals surface area contributed by atoms with E-state index in [1.807, 2.05) is 0 Å². The molecule has 0 amide bonds. The topological polar surface area (TPSA) is 40.5 Å². The Labute approximate surface area is 225 Å². The molecule has 0 saturated heterocycles. The third kappa shape index (κ3) is 24.1. The quantitative estimate of drug-likeness (QED) is 0.101. The molecule has 0 aromatic rings. The largest absolute Gasteiger partial charge is 1.00 e. The molecule has 0 aromatic heterocycles. The molecule has 0 fully saturated rings. The number of aliphatic hydroxyl groups is 2. The summed E-state index contributed by atoms with van der Waals surface area (Å²) in [5, 5.41) is 19.3. The molecule has 0 aliphatic carbocycles. The number of hydrogen-bond donors (Lipinski definition) is 2. The van der Waals surface area contributed by atoms with Gasteiger partial charge in [-0.2, -0.15) is 0 Å². The number of nitrogens with zero attached hydrogens (tertiary/aromatic N) is 1. The van der Waals surface area contributed by atoms with Crippen LogP contribution in [-0.4, -0.2) is 54.1 Å². The van der Waals surface area contributed by atoms with E-state index in [2.05, 4.69) is 13.8 Å². The third-order valence-corrected chi connectivity index (χ3v) is 7.62. The average Bonchev–Trinajstić information content (AvgIpc) is 2.81. The molecule has 0 aromatic carbocycles. The Morgan fingerprint density at radius 2 is 0.588 bits per heavy atom. The maximum absolute atomic E-state index is 9.67. The summed E-state index contributed by atoms with van der Waals surface area (Å²) in [6, 6.07) is 0. The summed E-state index contributed by atoms with van der Waals surface area (Å²) in [5.41, 5.74) is 0. The van der Waals surface area contributed by atoms with Crippen molar-refractivity contribution in [3.63, 3.8) is 0 Å². The van der Waals surface area contributed by atoms with Crippen LogP contribution in [0.4, 0.5) is 0 Å². The minimum absolute atomic E-state index is 0. The van der Waals surface area contributed by atoms with Gasteiger partial charge in [-0.1, -0.05) is 129 Å². The van der Waals surface area contributed by atoms with Crippen molar-refractivity contribution >= 4 is 0 Å². The third-order valence-electron chi connectivity index (χ3n) is 7.62. The monoisotopic (exact) mass is 549 g/mol. The highest BCUT2D eigenvalue weighted by Crippen LogP contribution is 2.17. The predicted octanol–water partition coefficient (Wildman–Crippen LogP) is 5.41. The molecule has 0 bridgehead atoms. The van der Waals surface area contributed by atoms with Crippen LogP contribution < -0.4 is 17.0 Å². The molecular weight excluding hydrogens is 486 g/mol. The lowest BCUT2D eigenvalue weighted by Crippen LogP contribution is -3.00. The molecule has 4 heteroatoms. The van der Waals surface area contributed by atoms with Crippen molar-refractivity contribution in [2.75, 3.05) is 39.4 Å². The summed E-state index contributed by atoms with van der Waals surface area (Å²) in [5.74, 6) is 0. The average molecular weight is 551 g/mol. The first-order valence-electron chi connectivity index (χ1n) is 15.3. The smallest absolute Gasteiger partial charge is 0.102 e. The second-order valence-electron chi connectivity index (χ2n) is 10.8. The molecular formula is C30H64BrNO2. The van der Waals surface area contributed by atoms with Gasteiger partial charge in [0, 0.05) is 0 Å². The van der Waals surface area contributed by atoms with E-state index < -0.39 is 0 Å². The lowest BCUT2D eigenvalue weighted by atomic mass is 10.0. The number of quaternary nitrogens is 1. The van der Waals surface area contributed by atoms with Gasteiger partial charge in [0.25, 0.3) is 0 Å². The number of rotatable bonds is 28. The van der Waals surface area contributed by atoms with Gasteiger partial charge in [-0.3, -0.25) is 0 Å². The maximum atomic E-state index is 9.67. The molecule has 0 aliphatic rings. The van der Waals surface area contributed by atoms with Gasteiger partial charge in [-0.15, -0.1) is 0 Å². The minimum Gasteiger partial charge on any atom is -1.00 e. The lowest BCUT2D eigenvalue weighted by molar-refractivity contribution is -0.929. The Kier molecular flexibility index (Phi) is 31.8. The molecule has 208 valence electrons. The zero-order chi connectivity index (χ0) is 24.3. The van der Waals surface area contributed by atoms with Crippen LogP contribution in [0.5, 0.6) is 0 Å². The summed E-state index contributed by atoms with van der Waals surface area (Å²) < 4.78 is 0.932. The fourth-order valence-electron chi connectivity index (χ4n) is 5.32. The maximum Gasteiger partial charge on any atom is 0.102 e. The minimum atomic E-state index is 0. The Bertz CT molecular complexity index is 362. The van der Waals surface area contributed by atoms with Crippen molar-refractivity contribution in [3.8, 4) is 0 Å². The molecule has 0 heterocycles. The van der Waals surface area contributed by atoms with E-state index >= 15 is 0 Å². The summed E-state index contributed by atoms with van der Waals surface area (Å²) in [7, 11) is 0. The standard InChI is InChI=1S/C30H64NO2.BrH/c1-3-5-7-9-11-13-14-15-16-17-18-20-22-24-26-31(27-29-32,28-30-33)25-23-21-19-12-10-8-6-4-2;/h32-33H,3-30H2,1-2H3;1H/q+1;/p-1. The van der Waals surface area contributed by atoms with Gasteiger partial charge in [0.05, 0.1) is 26.3 Å². The first kappa shape index (κ1) is 36.5. The van der Waals surface area contributed by atoms with E-state index in [4.69, 9.17) is 0 Å². The Balaban J connectivity index is 0. The predicted molar refractivity (Wildman–Crippen MR) is 147 cm³/mol. The molecule has 2 N–H and O–H groups in total. The van der Waals surface area contributed by atoms with Crippen molar-refractivity contribution in [1.82, 2.24) is 0 Å².